The van der Waals surface area contributed by atoms with Gasteiger partial charge in [0.15, 0.2) is 0 Å². The fourth-order valence-corrected chi connectivity index (χ4v) is 1.83. The Morgan fingerprint density at radius 2 is 2.29 bits per heavy atom. The van der Waals surface area contributed by atoms with Gasteiger partial charge >= 0.3 is 0 Å². The first-order valence-electron chi connectivity index (χ1n) is 5.33. The summed E-state index contributed by atoms with van der Waals surface area (Å²) in [5.74, 6) is 1.95. The van der Waals surface area contributed by atoms with Crippen molar-refractivity contribution in [2.45, 2.75) is 38.6 Å². The molecule has 1 saturated carbocycles. The quantitative estimate of drug-likeness (QED) is 0.786. The number of aromatic nitrogens is 3. The van der Waals surface area contributed by atoms with Crippen LogP contribution in [0.3, 0.4) is 0 Å². The highest BCUT2D eigenvalue weighted by Crippen LogP contribution is 2.37. The maximum absolute atomic E-state index is 5.77. The first-order valence-corrected chi connectivity index (χ1v) is 5.33. The van der Waals surface area contributed by atoms with E-state index in [4.69, 9.17) is 5.73 Å². The van der Waals surface area contributed by atoms with E-state index in [1.807, 2.05) is 6.33 Å². The van der Waals surface area contributed by atoms with Crippen LogP contribution >= 0.6 is 0 Å². The molecule has 4 heteroatoms. The predicted molar refractivity (Wildman–Crippen MR) is 54.9 cm³/mol. The van der Waals surface area contributed by atoms with E-state index in [1.54, 1.807) is 0 Å². The van der Waals surface area contributed by atoms with Crippen molar-refractivity contribution in [3.05, 3.63) is 12.2 Å². The molecular formula is C10H18N4. The molecule has 1 atom stereocenters. The summed E-state index contributed by atoms with van der Waals surface area (Å²) in [7, 11) is 0. The molecule has 1 aromatic rings. The molecule has 2 N–H and O–H groups in total. The Morgan fingerprint density at radius 3 is 2.79 bits per heavy atom. The molecule has 1 aromatic heterocycles. The highest BCUT2D eigenvalue weighted by Gasteiger charge is 2.29. The molecule has 1 fully saturated rings. The third-order valence-electron chi connectivity index (χ3n) is 2.93. The summed E-state index contributed by atoms with van der Waals surface area (Å²) in [6, 6.07) is 0.646. The van der Waals surface area contributed by atoms with Crippen molar-refractivity contribution in [3.8, 4) is 0 Å². The second kappa shape index (κ2) is 3.69. The van der Waals surface area contributed by atoms with Crippen molar-refractivity contribution >= 4 is 0 Å². The minimum Gasteiger partial charge on any atom is -0.330 e. The average Bonchev–Trinajstić information content (AvgIpc) is 2.88. The Balaban J connectivity index is 2.24. The van der Waals surface area contributed by atoms with E-state index in [0.29, 0.717) is 24.4 Å². The molecule has 78 valence electrons. The molecule has 1 aliphatic rings. The molecule has 0 aliphatic heterocycles. The second-order valence-corrected chi connectivity index (χ2v) is 4.41. The molecule has 0 spiro atoms. The summed E-state index contributed by atoms with van der Waals surface area (Å²) in [6.07, 6.45) is 4.37. The van der Waals surface area contributed by atoms with Crippen molar-refractivity contribution in [1.29, 1.82) is 0 Å². The summed E-state index contributed by atoms with van der Waals surface area (Å²) in [5, 5.41) is 8.19. The van der Waals surface area contributed by atoms with Crippen LogP contribution in [0.25, 0.3) is 0 Å². The molecule has 0 saturated heterocycles. The van der Waals surface area contributed by atoms with Gasteiger partial charge in [-0.1, -0.05) is 13.8 Å². The van der Waals surface area contributed by atoms with Crippen molar-refractivity contribution in [2.24, 2.45) is 11.7 Å². The highest BCUT2D eigenvalue weighted by atomic mass is 15.3. The summed E-state index contributed by atoms with van der Waals surface area (Å²) < 4.78 is 2.21. The van der Waals surface area contributed by atoms with E-state index < -0.39 is 0 Å². The zero-order valence-corrected chi connectivity index (χ0v) is 8.85. The van der Waals surface area contributed by atoms with E-state index in [9.17, 15) is 0 Å². The van der Waals surface area contributed by atoms with Gasteiger partial charge in [-0.2, -0.15) is 0 Å². The van der Waals surface area contributed by atoms with Crippen molar-refractivity contribution in [2.75, 3.05) is 6.54 Å². The zero-order chi connectivity index (χ0) is 10.1. The van der Waals surface area contributed by atoms with Crippen LogP contribution in [-0.2, 0) is 0 Å². The molecular weight excluding hydrogens is 176 g/mol. The van der Waals surface area contributed by atoms with Crippen LogP contribution in [0.2, 0.25) is 0 Å². The van der Waals surface area contributed by atoms with Gasteiger partial charge in [0.05, 0.1) is 0 Å². The van der Waals surface area contributed by atoms with Crippen LogP contribution < -0.4 is 5.73 Å². The minimum absolute atomic E-state index is 0.345. The van der Waals surface area contributed by atoms with E-state index in [2.05, 4.69) is 28.6 Å². The molecule has 0 bridgehead atoms. The molecule has 14 heavy (non-hydrogen) atoms. The summed E-state index contributed by atoms with van der Waals surface area (Å²) in [5.41, 5.74) is 5.77. The van der Waals surface area contributed by atoms with Gasteiger partial charge in [0.1, 0.15) is 12.2 Å². The number of rotatable bonds is 4. The van der Waals surface area contributed by atoms with Crippen LogP contribution in [0.1, 0.15) is 44.5 Å². The fraction of sp³-hybridized carbons (Fsp3) is 0.800. The normalized spacial score (nSPS) is 18.9. The molecule has 1 unspecified atom stereocenters. The smallest absolute Gasteiger partial charge is 0.137 e. The SMILES string of the molecule is CC(C)C(CN)c1nncn1C1CC1. The van der Waals surface area contributed by atoms with Gasteiger partial charge in [0, 0.05) is 18.5 Å². The van der Waals surface area contributed by atoms with Gasteiger partial charge in [-0.25, -0.2) is 0 Å². The maximum Gasteiger partial charge on any atom is 0.137 e. The number of nitrogens with two attached hydrogens (primary N) is 1. The molecule has 0 aromatic carbocycles. The Hall–Kier alpha value is -0.900. The summed E-state index contributed by atoms with van der Waals surface area (Å²) in [6.45, 7) is 5.02. The fourth-order valence-electron chi connectivity index (χ4n) is 1.83. The molecule has 0 radical (unpaired) electrons. The zero-order valence-electron chi connectivity index (χ0n) is 8.85. The van der Waals surface area contributed by atoms with Crippen LogP contribution in [0.4, 0.5) is 0 Å². The number of nitrogens with zero attached hydrogens (tertiary/aromatic N) is 3. The molecule has 1 heterocycles. The average molecular weight is 194 g/mol. The summed E-state index contributed by atoms with van der Waals surface area (Å²) >= 11 is 0. The van der Waals surface area contributed by atoms with Gasteiger partial charge in [-0.05, 0) is 18.8 Å². The largest absolute Gasteiger partial charge is 0.330 e. The number of hydrogen-bond acceptors (Lipinski definition) is 3. The lowest BCUT2D eigenvalue weighted by Crippen LogP contribution is -2.21. The van der Waals surface area contributed by atoms with Gasteiger partial charge in [0.25, 0.3) is 0 Å². The van der Waals surface area contributed by atoms with E-state index in [1.165, 1.54) is 12.8 Å². The molecule has 0 amide bonds. The first-order chi connectivity index (χ1) is 6.74. The maximum atomic E-state index is 5.77. The second-order valence-electron chi connectivity index (χ2n) is 4.41. The molecule has 1 aliphatic carbocycles. The van der Waals surface area contributed by atoms with Crippen LogP contribution in [0.15, 0.2) is 6.33 Å². The van der Waals surface area contributed by atoms with Crippen molar-refractivity contribution < 1.29 is 0 Å². The lowest BCUT2D eigenvalue weighted by molar-refractivity contribution is 0.460. The Labute approximate surface area is 84.5 Å². The Morgan fingerprint density at radius 1 is 1.57 bits per heavy atom. The van der Waals surface area contributed by atoms with Crippen molar-refractivity contribution in [1.82, 2.24) is 14.8 Å². The van der Waals surface area contributed by atoms with Crippen LogP contribution in [-0.4, -0.2) is 21.3 Å². The van der Waals surface area contributed by atoms with Gasteiger partial charge < -0.3 is 10.3 Å². The van der Waals surface area contributed by atoms with Crippen LogP contribution in [0, 0.1) is 5.92 Å². The lowest BCUT2D eigenvalue weighted by atomic mass is 9.95. The van der Waals surface area contributed by atoms with Crippen molar-refractivity contribution in [3.63, 3.8) is 0 Å². The van der Waals surface area contributed by atoms with E-state index in [0.717, 1.165) is 5.82 Å². The third kappa shape index (κ3) is 1.66. The first kappa shape index (κ1) is 9.65. The monoisotopic (exact) mass is 194 g/mol. The van der Waals surface area contributed by atoms with Gasteiger partial charge in [-0.15, -0.1) is 10.2 Å². The molecule has 2 rings (SSSR count). The van der Waals surface area contributed by atoms with E-state index >= 15 is 0 Å². The number of hydrogen-bond donors (Lipinski definition) is 1. The summed E-state index contributed by atoms with van der Waals surface area (Å²) in [4.78, 5) is 0. The third-order valence-corrected chi connectivity index (χ3v) is 2.93. The van der Waals surface area contributed by atoms with Crippen LogP contribution in [0.5, 0.6) is 0 Å². The van der Waals surface area contributed by atoms with Gasteiger partial charge in [-0.3, -0.25) is 0 Å². The topological polar surface area (TPSA) is 56.7 Å². The Kier molecular flexibility index (Phi) is 2.54. The molecule has 4 nitrogen and oxygen atoms in total. The highest BCUT2D eigenvalue weighted by molar-refractivity contribution is 5.03. The lowest BCUT2D eigenvalue weighted by Gasteiger charge is -2.18. The van der Waals surface area contributed by atoms with Gasteiger partial charge in [0.2, 0.25) is 0 Å². The predicted octanol–water partition coefficient (Wildman–Crippen LogP) is 1.31. The Bertz CT molecular complexity index is 301. The minimum atomic E-state index is 0.345. The van der Waals surface area contributed by atoms with E-state index in [-0.39, 0.29) is 0 Å². The standard InChI is InChI=1S/C10H18N4/c1-7(2)9(5-11)10-13-12-6-14(10)8-3-4-8/h6-9H,3-5,11H2,1-2H3.